The molecule has 2 rings (SSSR count). The van der Waals surface area contributed by atoms with E-state index in [1.807, 2.05) is 31.2 Å². The molecule has 21 heavy (non-hydrogen) atoms. The minimum absolute atomic E-state index is 0.0835. The maximum atomic E-state index is 13.8. The van der Waals surface area contributed by atoms with Gasteiger partial charge in [-0.25, -0.2) is 13.8 Å². The Morgan fingerprint density at radius 1 is 1.14 bits per heavy atom. The van der Waals surface area contributed by atoms with Gasteiger partial charge in [0, 0.05) is 17.5 Å². The summed E-state index contributed by atoms with van der Waals surface area (Å²) in [5, 5.41) is 2.96. The van der Waals surface area contributed by atoms with Gasteiger partial charge in [-0.05, 0) is 30.5 Å². The fourth-order valence-electron chi connectivity index (χ4n) is 1.85. The van der Waals surface area contributed by atoms with Crippen LogP contribution in [0.4, 0.5) is 14.6 Å². The van der Waals surface area contributed by atoms with Crippen LogP contribution < -0.4 is 5.32 Å². The lowest BCUT2D eigenvalue weighted by molar-refractivity contribution is 0.551. The molecule has 0 atom stereocenters. The van der Waals surface area contributed by atoms with Gasteiger partial charge < -0.3 is 5.32 Å². The van der Waals surface area contributed by atoms with E-state index in [4.69, 9.17) is 0 Å². The summed E-state index contributed by atoms with van der Waals surface area (Å²) >= 11 is 1.19. The summed E-state index contributed by atoms with van der Waals surface area (Å²) in [6, 6.07) is 8.75. The molecule has 2 nitrogen and oxygen atoms in total. The number of anilines is 1. The average molecular weight is 308 g/mol. The molecule has 0 aliphatic carbocycles. The highest BCUT2D eigenvalue weighted by molar-refractivity contribution is 7.99. The quantitative estimate of drug-likeness (QED) is 0.835. The van der Waals surface area contributed by atoms with Crippen LogP contribution in [-0.4, -0.2) is 11.5 Å². The van der Waals surface area contributed by atoms with Crippen molar-refractivity contribution in [3.05, 3.63) is 47.5 Å². The minimum atomic E-state index is -0.672. The Hall–Kier alpha value is -1.62. The number of hydrogen-bond acceptors (Lipinski definition) is 3. The van der Waals surface area contributed by atoms with Crippen LogP contribution in [0.3, 0.4) is 0 Å². The van der Waals surface area contributed by atoms with Gasteiger partial charge in [0.25, 0.3) is 0 Å². The van der Waals surface area contributed by atoms with Gasteiger partial charge in [-0.15, -0.1) is 0 Å². The number of benzene rings is 1. The van der Waals surface area contributed by atoms with Gasteiger partial charge in [0.1, 0.15) is 5.03 Å². The van der Waals surface area contributed by atoms with Gasteiger partial charge >= 0.3 is 0 Å². The van der Waals surface area contributed by atoms with Crippen LogP contribution in [0.1, 0.15) is 32.3 Å². The molecule has 2 aromatic rings. The molecular formula is C16H18F2N2S. The molecule has 0 fully saturated rings. The summed E-state index contributed by atoms with van der Waals surface area (Å²) < 4.78 is 27.3. The average Bonchev–Trinajstić information content (AvgIpc) is 2.45. The maximum Gasteiger partial charge on any atom is 0.168 e. The van der Waals surface area contributed by atoms with Gasteiger partial charge in [0.2, 0.25) is 0 Å². The van der Waals surface area contributed by atoms with E-state index in [2.05, 4.69) is 24.1 Å². The van der Waals surface area contributed by atoms with Crippen molar-refractivity contribution in [2.45, 2.75) is 36.6 Å². The number of halogens is 2. The monoisotopic (exact) mass is 308 g/mol. The van der Waals surface area contributed by atoms with Crippen molar-refractivity contribution in [1.82, 2.24) is 4.98 Å². The van der Waals surface area contributed by atoms with Gasteiger partial charge in [0.15, 0.2) is 17.5 Å². The van der Waals surface area contributed by atoms with E-state index < -0.39 is 11.6 Å². The van der Waals surface area contributed by atoms with E-state index >= 15 is 0 Å². The second-order valence-electron chi connectivity index (χ2n) is 4.96. The standard InChI is InChI=1S/C16H18F2N2S/c1-4-19-15-13(17)9-14(18)16(20-15)21-12-7-5-11(6-8-12)10(2)3/h5-10H,4H2,1-3H3,(H,19,20). The van der Waals surface area contributed by atoms with Crippen molar-refractivity contribution in [2.24, 2.45) is 0 Å². The molecule has 1 aromatic heterocycles. The number of nitrogens with one attached hydrogen (secondary N) is 1. The van der Waals surface area contributed by atoms with Crippen LogP contribution in [0.15, 0.2) is 40.3 Å². The third kappa shape index (κ3) is 3.94. The van der Waals surface area contributed by atoms with E-state index in [-0.39, 0.29) is 10.8 Å². The molecule has 0 unspecified atom stereocenters. The van der Waals surface area contributed by atoms with Gasteiger partial charge in [-0.2, -0.15) is 0 Å². The Bertz CT molecular complexity index is 612. The molecule has 1 N–H and O–H groups in total. The normalized spacial score (nSPS) is 11.0. The first-order chi connectivity index (χ1) is 10.0. The summed E-state index contributed by atoms with van der Waals surface area (Å²) in [5.74, 6) is -0.786. The lowest BCUT2D eigenvalue weighted by Crippen LogP contribution is -2.04. The summed E-state index contributed by atoms with van der Waals surface area (Å²) in [6.07, 6.45) is 0. The fraction of sp³-hybridized carbons (Fsp3) is 0.312. The van der Waals surface area contributed by atoms with E-state index in [0.717, 1.165) is 11.0 Å². The molecule has 0 aliphatic rings. The molecule has 1 aromatic carbocycles. The zero-order valence-corrected chi connectivity index (χ0v) is 13.1. The molecule has 0 aliphatic heterocycles. The van der Waals surface area contributed by atoms with Crippen molar-refractivity contribution in [3.8, 4) is 0 Å². The predicted octanol–water partition coefficient (Wildman–Crippen LogP) is 5.07. The maximum absolute atomic E-state index is 13.8. The summed E-state index contributed by atoms with van der Waals surface area (Å²) in [6.45, 7) is 6.60. The molecule has 0 saturated heterocycles. The van der Waals surface area contributed by atoms with Crippen LogP contribution in [0.2, 0.25) is 0 Å². The van der Waals surface area contributed by atoms with E-state index in [1.165, 1.54) is 17.3 Å². The van der Waals surface area contributed by atoms with E-state index in [1.54, 1.807) is 0 Å². The van der Waals surface area contributed by atoms with Gasteiger partial charge in [-0.1, -0.05) is 37.7 Å². The lowest BCUT2D eigenvalue weighted by atomic mass is 10.0. The largest absolute Gasteiger partial charge is 0.368 e. The molecule has 5 heteroatoms. The fourth-order valence-corrected chi connectivity index (χ4v) is 2.63. The van der Waals surface area contributed by atoms with Crippen LogP contribution >= 0.6 is 11.8 Å². The molecule has 0 bridgehead atoms. The molecule has 0 saturated carbocycles. The van der Waals surface area contributed by atoms with Crippen molar-refractivity contribution >= 4 is 17.6 Å². The Labute approximate surface area is 128 Å². The van der Waals surface area contributed by atoms with Crippen LogP contribution in [0.5, 0.6) is 0 Å². The Balaban J connectivity index is 2.24. The highest BCUT2D eigenvalue weighted by Crippen LogP contribution is 2.31. The molecule has 1 heterocycles. The Morgan fingerprint density at radius 2 is 1.81 bits per heavy atom. The zero-order valence-electron chi connectivity index (χ0n) is 12.3. The highest BCUT2D eigenvalue weighted by atomic mass is 32.2. The van der Waals surface area contributed by atoms with Crippen LogP contribution in [-0.2, 0) is 0 Å². The smallest absolute Gasteiger partial charge is 0.168 e. The molecule has 0 radical (unpaired) electrons. The van der Waals surface area contributed by atoms with Gasteiger partial charge in [0.05, 0.1) is 0 Å². The first kappa shape index (κ1) is 15.8. The molecule has 112 valence electrons. The Kier molecular flexibility index (Phi) is 5.17. The molecular weight excluding hydrogens is 290 g/mol. The molecule has 0 amide bonds. The van der Waals surface area contributed by atoms with Gasteiger partial charge in [-0.3, -0.25) is 0 Å². The van der Waals surface area contributed by atoms with E-state index in [9.17, 15) is 8.78 Å². The van der Waals surface area contributed by atoms with E-state index in [0.29, 0.717) is 12.5 Å². The summed E-state index contributed by atoms with van der Waals surface area (Å²) in [4.78, 5) is 4.89. The number of pyridine rings is 1. The summed E-state index contributed by atoms with van der Waals surface area (Å²) in [7, 11) is 0. The highest BCUT2D eigenvalue weighted by Gasteiger charge is 2.13. The third-order valence-corrected chi connectivity index (χ3v) is 3.99. The van der Waals surface area contributed by atoms with Crippen LogP contribution in [0, 0.1) is 11.6 Å². The number of rotatable bonds is 5. The van der Waals surface area contributed by atoms with Crippen molar-refractivity contribution in [1.29, 1.82) is 0 Å². The van der Waals surface area contributed by atoms with Crippen molar-refractivity contribution in [3.63, 3.8) is 0 Å². The minimum Gasteiger partial charge on any atom is -0.368 e. The third-order valence-electron chi connectivity index (χ3n) is 3.00. The molecule has 0 spiro atoms. The van der Waals surface area contributed by atoms with Crippen molar-refractivity contribution in [2.75, 3.05) is 11.9 Å². The second kappa shape index (κ2) is 6.89. The van der Waals surface area contributed by atoms with Crippen LogP contribution in [0.25, 0.3) is 0 Å². The Morgan fingerprint density at radius 3 is 2.38 bits per heavy atom. The summed E-state index contributed by atoms with van der Waals surface area (Å²) in [5.41, 5.74) is 1.22. The number of aromatic nitrogens is 1. The first-order valence-corrected chi connectivity index (χ1v) is 7.70. The topological polar surface area (TPSA) is 24.9 Å². The SMILES string of the molecule is CCNc1nc(Sc2ccc(C(C)C)cc2)c(F)cc1F. The number of hydrogen-bond donors (Lipinski definition) is 1. The lowest BCUT2D eigenvalue weighted by Gasteiger charge is -2.09. The first-order valence-electron chi connectivity index (χ1n) is 6.89. The zero-order chi connectivity index (χ0) is 15.4. The predicted molar refractivity (Wildman–Crippen MR) is 83.0 cm³/mol. The number of nitrogens with zero attached hydrogens (tertiary/aromatic N) is 1. The second-order valence-corrected chi connectivity index (χ2v) is 6.02. The van der Waals surface area contributed by atoms with Crippen molar-refractivity contribution < 1.29 is 8.78 Å².